The second kappa shape index (κ2) is 12.0. The highest BCUT2D eigenvalue weighted by atomic mass is 79.9. The number of hydrogen-bond acceptors (Lipinski definition) is 9. The summed E-state index contributed by atoms with van der Waals surface area (Å²) in [7, 11) is 1.71. The number of ether oxygens (including phenoxy) is 2. The second-order valence-corrected chi connectivity index (χ2v) is 10.3. The first kappa shape index (κ1) is 27.7. The summed E-state index contributed by atoms with van der Waals surface area (Å²) < 4.78 is 14.0. The lowest BCUT2D eigenvalue weighted by molar-refractivity contribution is 0.0635. The van der Waals surface area contributed by atoms with E-state index in [1.807, 2.05) is 49.4 Å². The molecule has 0 radical (unpaired) electrons. The first-order valence-corrected chi connectivity index (χ1v) is 12.8. The minimum atomic E-state index is -0.624. The van der Waals surface area contributed by atoms with Crippen LogP contribution in [0.5, 0.6) is 11.5 Å². The number of rotatable bonds is 8. The third-order valence-corrected chi connectivity index (χ3v) is 6.03. The molecular weight excluding hydrogens is 566 g/mol. The Hall–Kier alpha value is -4.32. The van der Waals surface area contributed by atoms with Crippen molar-refractivity contribution in [3.8, 4) is 11.5 Å². The number of benzene rings is 2. The van der Waals surface area contributed by atoms with Crippen molar-refractivity contribution in [2.75, 3.05) is 5.32 Å². The molecular formula is C27H28BrN7O4. The number of halogens is 1. The third kappa shape index (κ3) is 7.60. The molecule has 0 aliphatic heterocycles. The fraction of sp³-hybridized carbons (Fsp3) is 0.259. The van der Waals surface area contributed by atoms with Crippen molar-refractivity contribution < 1.29 is 19.1 Å². The molecule has 0 saturated heterocycles. The second-order valence-electron chi connectivity index (χ2n) is 9.49. The zero-order valence-corrected chi connectivity index (χ0v) is 23.8. The van der Waals surface area contributed by atoms with Gasteiger partial charge in [0.05, 0.1) is 11.3 Å². The predicted octanol–water partition coefficient (Wildman–Crippen LogP) is 5.78. The van der Waals surface area contributed by atoms with Crippen LogP contribution in [0.3, 0.4) is 0 Å². The molecule has 0 unspecified atom stereocenters. The van der Waals surface area contributed by atoms with Crippen molar-refractivity contribution in [2.45, 2.75) is 39.9 Å². The van der Waals surface area contributed by atoms with Crippen molar-refractivity contribution in [1.29, 1.82) is 0 Å². The summed E-state index contributed by atoms with van der Waals surface area (Å²) in [5.74, 6) is 1.92. The van der Waals surface area contributed by atoms with E-state index in [2.05, 4.69) is 46.9 Å². The van der Waals surface area contributed by atoms with Crippen molar-refractivity contribution in [2.24, 2.45) is 12.2 Å². The van der Waals surface area contributed by atoms with Gasteiger partial charge in [-0.05, 0) is 86.1 Å². The molecule has 0 spiro atoms. The van der Waals surface area contributed by atoms with E-state index in [-0.39, 0.29) is 6.61 Å². The summed E-state index contributed by atoms with van der Waals surface area (Å²) >= 11 is 3.51. The van der Waals surface area contributed by atoms with Crippen LogP contribution in [-0.4, -0.2) is 42.6 Å². The number of amides is 1. The quantitative estimate of drug-likeness (QED) is 0.201. The minimum absolute atomic E-state index is 0.0214. The van der Waals surface area contributed by atoms with Crippen molar-refractivity contribution in [3.63, 3.8) is 0 Å². The van der Waals surface area contributed by atoms with Crippen molar-refractivity contribution >= 4 is 33.6 Å². The number of carbonyl (C=O) groups is 1. The first-order valence-electron chi connectivity index (χ1n) is 12.0. The van der Waals surface area contributed by atoms with Crippen LogP contribution in [0.2, 0.25) is 0 Å². The van der Waals surface area contributed by atoms with Crippen LogP contribution in [0, 0.1) is 6.92 Å². The number of nitrogens with zero attached hydrogens (tertiary/aromatic N) is 6. The number of carbonyl (C=O) groups excluding carboxylic acids is 1. The van der Waals surface area contributed by atoms with Crippen molar-refractivity contribution in [3.05, 3.63) is 87.8 Å². The Morgan fingerprint density at radius 3 is 2.62 bits per heavy atom. The summed E-state index contributed by atoms with van der Waals surface area (Å²) in [6.07, 6.45) is -0.597. The number of nitrogens with one attached hydrogen (secondary N) is 1. The molecule has 0 atom stereocenters. The van der Waals surface area contributed by atoms with Gasteiger partial charge in [0.25, 0.3) is 0 Å². The number of oxime groups is 1. The molecule has 2 heterocycles. The molecule has 0 fully saturated rings. The van der Waals surface area contributed by atoms with Gasteiger partial charge in [0.1, 0.15) is 22.9 Å². The summed E-state index contributed by atoms with van der Waals surface area (Å²) in [4.78, 5) is 22.2. The van der Waals surface area contributed by atoms with Gasteiger partial charge in [-0.25, -0.2) is 14.5 Å². The summed E-state index contributed by atoms with van der Waals surface area (Å²) in [5.41, 5.74) is 1.95. The van der Waals surface area contributed by atoms with Gasteiger partial charge in [0.15, 0.2) is 12.3 Å². The molecule has 0 bridgehead atoms. The number of aromatic nitrogens is 5. The van der Waals surface area contributed by atoms with Crippen LogP contribution < -0.4 is 10.1 Å². The molecule has 202 valence electrons. The van der Waals surface area contributed by atoms with E-state index in [0.29, 0.717) is 40.1 Å². The Morgan fingerprint density at radius 1 is 1.10 bits per heavy atom. The fourth-order valence-corrected chi connectivity index (χ4v) is 3.65. The van der Waals surface area contributed by atoms with Crippen LogP contribution in [0.1, 0.15) is 43.4 Å². The monoisotopic (exact) mass is 593 g/mol. The van der Waals surface area contributed by atoms with E-state index in [4.69, 9.17) is 14.3 Å². The number of hydrogen-bond donors (Lipinski definition) is 1. The Labute approximate surface area is 234 Å². The Bertz CT molecular complexity index is 1500. The average Bonchev–Trinajstić information content (AvgIpc) is 3.29. The first-order chi connectivity index (χ1) is 18.6. The van der Waals surface area contributed by atoms with Gasteiger partial charge in [-0.1, -0.05) is 39.3 Å². The maximum absolute atomic E-state index is 12.1. The largest absolute Gasteiger partial charge is 0.457 e. The molecule has 12 heteroatoms. The molecule has 0 aliphatic rings. The number of aryl methyl sites for hydroxylation is 2. The highest BCUT2D eigenvalue weighted by molar-refractivity contribution is 9.10. The minimum Gasteiger partial charge on any atom is -0.457 e. The fourth-order valence-electron chi connectivity index (χ4n) is 3.40. The summed E-state index contributed by atoms with van der Waals surface area (Å²) in [6.45, 7) is 7.37. The van der Waals surface area contributed by atoms with Gasteiger partial charge in [-0.2, -0.15) is 0 Å². The zero-order chi connectivity index (χ0) is 28.0. The lowest BCUT2D eigenvalue weighted by Crippen LogP contribution is -2.27. The van der Waals surface area contributed by atoms with Crippen LogP contribution >= 0.6 is 15.9 Å². The molecule has 0 saturated carbocycles. The average molecular weight is 594 g/mol. The molecule has 2 aromatic heterocycles. The predicted molar refractivity (Wildman–Crippen MR) is 149 cm³/mol. The maximum Gasteiger partial charge on any atom is 0.413 e. The summed E-state index contributed by atoms with van der Waals surface area (Å²) in [5, 5.41) is 18.8. The number of pyridine rings is 1. The normalized spacial score (nSPS) is 11.7. The standard InChI is InChI=1S/C27H28BrN7O4/c1-17-15-19(13-14-21(17)28)38-22-11-7-6-10-20(22)24(25-31-33-34-35(25)5)32-37-16-18-9-8-12-23(29-18)30-26(36)39-27(2,3)4/h6-15H,16H2,1-5H3,(H,29,30,36)/b32-24-. The smallest absolute Gasteiger partial charge is 0.413 e. The van der Waals surface area contributed by atoms with Crippen molar-refractivity contribution in [1.82, 2.24) is 25.2 Å². The topological polar surface area (TPSA) is 126 Å². The highest BCUT2D eigenvalue weighted by Crippen LogP contribution is 2.30. The lowest BCUT2D eigenvalue weighted by Gasteiger charge is -2.19. The van der Waals surface area contributed by atoms with E-state index >= 15 is 0 Å². The third-order valence-electron chi connectivity index (χ3n) is 5.14. The summed E-state index contributed by atoms with van der Waals surface area (Å²) in [6, 6.07) is 18.3. The van der Waals surface area contributed by atoms with E-state index in [1.165, 1.54) is 4.68 Å². The molecule has 0 aliphatic carbocycles. The Morgan fingerprint density at radius 2 is 1.90 bits per heavy atom. The van der Waals surface area contributed by atoms with Gasteiger partial charge < -0.3 is 14.3 Å². The molecule has 39 heavy (non-hydrogen) atoms. The highest BCUT2D eigenvalue weighted by Gasteiger charge is 2.20. The number of tetrazole rings is 1. The molecule has 4 aromatic rings. The van der Waals surface area contributed by atoms with Crippen LogP contribution in [0.25, 0.3) is 0 Å². The molecule has 4 rings (SSSR count). The van der Waals surface area contributed by atoms with Crippen LogP contribution in [0.4, 0.5) is 10.6 Å². The van der Waals surface area contributed by atoms with Gasteiger partial charge in [-0.3, -0.25) is 5.32 Å². The van der Waals surface area contributed by atoms with E-state index in [1.54, 1.807) is 46.0 Å². The maximum atomic E-state index is 12.1. The Balaban J connectivity index is 1.57. The molecule has 2 aromatic carbocycles. The van der Waals surface area contributed by atoms with Gasteiger partial charge in [0.2, 0.25) is 5.82 Å². The molecule has 11 nitrogen and oxygen atoms in total. The van der Waals surface area contributed by atoms with E-state index < -0.39 is 11.7 Å². The zero-order valence-electron chi connectivity index (χ0n) is 22.2. The SMILES string of the molecule is Cc1cc(Oc2ccccc2/C(=N/OCc2cccc(NC(=O)OC(C)(C)C)n2)c2nnnn2C)ccc1Br. The molecule has 1 amide bonds. The molecule has 1 N–H and O–H groups in total. The van der Waals surface area contributed by atoms with Crippen LogP contribution in [-0.2, 0) is 23.2 Å². The van der Waals surface area contributed by atoms with Gasteiger partial charge >= 0.3 is 6.09 Å². The van der Waals surface area contributed by atoms with Crippen LogP contribution in [0.15, 0.2) is 70.3 Å². The lowest BCUT2D eigenvalue weighted by atomic mass is 10.1. The van der Waals surface area contributed by atoms with E-state index in [9.17, 15) is 4.79 Å². The van der Waals surface area contributed by atoms with Gasteiger partial charge in [0, 0.05) is 11.5 Å². The number of anilines is 1. The van der Waals surface area contributed by atoms with Gasteiger partial charge in [-0.15, -0.1) is 5.10 Å². The Kier molecular flexibility index (Phi) is 8.55. The van der Waals surface area contributed by atoms with E-state index in [0.717, 1.165) is 10.0 Å². The number of para-hydroxylation sites is 1.